The zero-order valence-corrected chi connectivity index (χ0v) is 15.2. The maximum Gasteiger partial charge on any atom is 0.513 e. The average Bonchev–Trinajstić information content (AvgIpc) is 2.99. The molecule has 1 aliphatic rings. The fourth-order valence-electron chi connectivity index (χ4n) is 2.55. The van der Waals surface area contributed by atoms with Gasteiger partial charge in [0.1, 0.15) is 5.75 Å². The van der Waals surface area contributed by atoms with E-state index >= 15 is 0 Å². The molecule has 2 rings (SSSR count). The van der Waals surface area contributed by atoms with Crippen molar-refractivity contribution in [1.82, 2.24) is 4.90 Å². The van der Waals surface area contributed by atoms with Gasteiger partial charge >= 0.3 is 12.1 Å². The van der Waals surface area contributed by atoms with E-state index in [0.717, 1.165) is 29.2 Å². The van der Waals surface area contributed by atoms with Gasteiger partial charge in [0.2, 0.25) is 0 Å². The van der Waals surface area contributed by atoms with Crippen molar-refractivity contribution in [1.29, 1.82) is 0 Å². The number of nitrogens with zero attached hydrogens (tertiary/aromatic N) is 2. The molecule has 1 aromatic carbocycles. The molecular formula is C18H18N2O9. The topological polar surface area (TPSA) is 153 Å². The van der Waals surface area contributed by atoms with Crippen molar-refractivity contribution in [3.63, 3.8) is 0 Å². The predicted octanol–water partition coefficient (Wildman–Crippen LogP) is 1.91. The summed E-state index contributed by atoms with van der Waals surface area (Å²) in [7, 11) is 0. The van der Waals surface area contributed by atoms with Crippen LogP contribution in [0.2, 0.25) is 0 Å². The van der Waals surface area contributed by atoms with E-state index in [2.05, 4.69) is 0 Å². The minimum atomic E-state index is -1.06. The molecule has 0 saturated carbocycles. The molecule has 29 heavy (non-hydrogen) atoms. The first-order valence-electron chi connectivity index (χ1n) is 8.60. The summed E-state index contributed by atoms with van der Waals surface area (Å²) >= 11 is 0. The minimum Gasteiger partial charge on any atom is -0.481 e. The molecular weight excluding hydrogens is 388 g/mol. The van der Waals surface area contributed by atoms with E-state index in [-0.39, 0.29) is 43.9 Å². The summed E-state index contributed by atoms with van der Waals surface area (Å²) in [6, 6.07) is 4.80. The van der Waals surface area contributed by atoms with Gasteiger partial charge in [-0.1, -0.05) is 0 Å². The lowest BCUT2D eigenvalue weighted by Gasteiger charge is -2.19. The third-order valence-corrected chi connectivity index (χ3v) is 4.11. The number of rotatable bonds is 10. The van der Waals surface area contributed by atoms with E-state index in [0.29, 0.717) is 0 Å². The number of benzene rings is 1. The van der Waals surface area contributed by atoms with Crippen LogP contribution in [0.5, 0.6) is 5.75 Å². The van der Waals surface area contributed by atoms with Crippen LogP contribution in [-0.2, 0) is 19.1 Å². The number of amides is 2. The molecule has 1 N–H and O–H groups in total. The van der Waals surface area contributed by atoms with Gasteiger partial charge in [-0.15, -0.1) is 0 Å². The van der Waals surface area contributed by atoms with E-state index in [9.17, 15) is 29.3 Å². The molecule has 2 amide bonds. The molecule has 0 aliphatic carbocycles. The number of hydrogen-bond donors (Lipinski definition) is 1. The second kappa shape index (κ2) is 9.97. The van der Waals surface area contributed by atoms with Crippen LogP contribution >= 0.6 is 0 Å². The number of carbonyl (C=O) groups is 4. The monoisotopic (exact) mass is 406 g/mol. The van der Waals surface area contributed by atoms with Crippen molar-refractivity contribution in [2.45, 2.75) is 19.3 Å². The van der Waals surface area contributed by atoms with Crippen molar-refractivity contribution < 1.29 is 38.7 Å². The molecule has 0 aromatic heterocycles. The van der Waals surface area contributed by atoms with Crippen LogP contribution in [0.4, 0.5) is 10.5 Å². The molecule has 0 bridgehead atoms. The van der Waals surface area contributed by atoms with Crippen LogP contribution < -0.4 is 4.74 Å². The highest BCUT2D eigenvalue weighted by Crippen LogP contribution is 2.19. The second-order valence-corrected chi connectivity index (χ2v) is 6.16. The Morgan fingerprint density at radius 2 is 1.72 bits per heavy atom. The normalized spacial score (nSPS) is 14.0. The number of non-ortho nitro benzene ring substituents is 1. The Balaban J connectivity index is 1.86. The molecule has 154 valence electrons. The Morgan fingerprint density at radius 3 is 2.28 bits per heavy atom. The van der Waals surface area contributed by atoms with Crippen molar-refractivity contribution in [2.75, 3.05) is 13.2 Å². The smallest absolute Gasteiger partial charge is 0.481 e. The predicted molar refractivity (Wildman–Crippen MR) is 95.9 cm³/mol. The Labute approximate surface area is 164 Å². The van der Waals surface area contributed by atoms with E-state index in [1.54, 1.807) is 0 Å². The summed E-state index contributed by atoms with van der Waals surface area (Å²) in [5, 5.41) is 19.5. The largest absolute Gasteiger partial charge is 0.513 e. The summed E-state index contributed by atoms with van der Waals surface area (Å²) in [6.07, 6.45) is 1.47. The third-order valence-electron chi connectivity index (χ3n) is 4.11. The lowest BCUT2D eigenvalue weighted by Crippen LogP contribution is -2.32. The molecule has 11 heteroatoms. The van der Waals surface area contributed by atoms with Gasteiger partial charge in [0.25, 0.3) is 17.5 Å². The molecule has 1 aliphatic heterocycles. The summed E-state index contributed by atoms with van der Waals surface area (Å²) in [5.74, 6) is -2.31. The van der Waals surface area contributed by atoms with Gasteiger partial charge in [0.15, 0.2) is 0 Å². The number of nitro groups is 1. The zero-order chi connectivity index (χ0) is 21.4. The number of nitro benzene ring substituents is 1. The Kier molecular flexibility index (Phi) is 7.40. The van der Waals surface area contributed by atoms with E-state index in [1.165, 1.54) is 12.1 Å². The fourth-order valence-corrected chi connectivity index (χ4v) is 2.55. The van der Waals surface area contributed by atoms with Gasteiger partial charge in [0, 0.05) is 37.3 Å². The Bertz CT molecular complexity index is 814. The first-order chi connectivity index (χ1) is 13.8. The molecule has 11 nitrogen and oxygen atoms in total. The van der Waals surface area contributed by atoms with Crippen molar-refractivity contribution in [2.24, 2.45) is 5.92 Å². The van der Waals surface area contributed by atoms with Crippen LogP contribution in [0.15, 0.2) is 36.4 Å². The number of imide groups is 1. The summed E-state index contributed by atoms with van der Waals surface area (Å²) in [6.45, 7) is -0.113. The van der Waals surface area contributed by atoms with Crippen molar-refractivity contribution in [3.05, 3.63) is 46.5 Å². The SMILES string of the molecule is O=C(O)CCC(CCN1C(=O)C=CC1=O)COC(=O)Oc1ccc([N+](=O)[O-])cc1. The van der Waals surface area contributed by atoms with E-state index in [4.69, 9.17) is 14.6 Å². The highest BCUT2D eigenvalue weighted by atomic mass is 16.7. The van der Waals surface area contributed by atoms with Crippen LogP contribution in [0.3, 0.4) is 0 Å². The number of carboxylic acids is 1. The summed E-state index contributed by atoms with van der Waals surface area (Å²) < 4.78 is 9.90. The van der Waals surface area contributed by atoms with Gasteiger partial charge < -0.3 is 14.6 Å². The number of carboxylic acid groups (broad SMARTS) is 1. The first-order valence-corrected chi connectivity index (χ1v) is 8.60. The Morgan fingerprint density at radius 1 is 1.10 bits per heavy atom. The van der Waals surface area contributed by atoms with Crippen molar-refractivity contribution >= 4 is 29.6 Å². The quantitative estimate of drug-likeness (QED) is 0.202. The van der Waals surface area contributed by atoms with Crippen LogP contribution in [0.1, 0.15) is 19.3 Å². The molecule has 0 spiro atoms. The lowest BCUT2D eigenvalue weighted by atomic mass is 10.00. The molecule has 1 unspecified atom stereocenters. The lowest BCUT2D eigenvalue weighted by molar-refractivity contribution is -0.384. The first kappa shape index (κ1) is 21.5. The molecule has 1 atom stereocenters. The highest BCUT2D eigenvalue weighted by molar-refractivity contribution is 6.12. The van der Waals surface area contributed by atoms with Gasteiger partial charge in [0.05, 0.1) is 11.5 Å². The zero-order valence-electron chi connectivity index (χ0n) is 15.2. The van der Waals surface area contributed by atoms with E-state index in [1.807, 2.05) is 0 Å². The van der Waals surface area contributed by atoms with Gasteiger partial charge in [-0.2, -0.15) is 0 Å². The third kappa shape index (κ3) is 6.72. The van der Waals surface area contributed by atoms with Gasteiger partial charge in [-0.3, -0.25) is 29.4 Å². The standard InChI is InChI=1S/C18H18N2O9/c21-15-6-7-16(22)19(15)10-9-12(1-8-17(23)24)11-28-18(25)29-14-4-2-13(3-5-14)20(26)27/h2-7,12H,1,8-11H2,(H,23,24). The molecule has 0 fully saturated rings. The maximum atomic E-state index is 11.8. The molecule has 0 saturated heterocycles. The molecule has 1 heterocycles. The minimum absolute atomic E-state index is 0.0435. The second-order valence-electron chi connectivity index (χ2n) is 6.16. The van der Waals surface area contributed by atoms with Crippen molar-refractivity contribution in [3.8, 4) is 5.75 Å². The van der Waals surface area contributed by atoms with Crippen LogP contribution in [0.25, 0.3) is 0 Å². The van der Waals surface area contributed by atoms with Crippen LogP contribution in [0, 0.1) is 16.0 Å². The van der Waals surface area contributed by atoms with Gasteiger partial charge in [-0.05, 0) is 30.9 Å². The summed E-state index contributed by atoms with van der Waals surface area (Å²) in [5.41, 5.74) is -0.167. The van der Waals surface area contributed by atoms with Gasteiger partial charge in [-0.25, -0.2) is 4.79 Å². The number of carbonyl (C=O) groups excluding carboxylic acids is 3. The highest BCUT2D eigenvalue weighted by Gasteiger charge is 2.25. The average molecular weight is 406 g/mol. The van der Waals surface area contributed by atoms with Crippen LogP contribution in [-0.4, -0.2) is 52.0 Å². The number of aliphatic carboxylic acids is 1. The van der Waals surface area contributed by atoms with E-state index < -0.39 is 34.8 Å². The number of ether oxygens (including phenoxy) is 2. The molecule has 1 aromatic rings. The Hall–Kier alpha value is -3.76. The maximum absolute atomic E-state index is 11.8. The summed E-state index contributed by atoms with van der Waals surface area (Å²) in [4.78, 5) is 56.8. The molecule has 0 radical (unpaired) electrons. The fraction of sp³-hybridized carbons (Fsp3) is 0.333. The number of hydrogen-bond acceptors (Lipinski definition) is 8.